The van der Waals surface area contributed by atoms with E-state index in [2.05, 4.69) is 10.2 Å². The van der Waals surface area contributed by atoms with Crippen molar-refractivity contribution in [2.24, 2.45) is 21.0 Å². The van der Waals surface area contributed by atoms with E-state index in [1.807, 2.05) is 58.6 Å². The van der Waals surface area contributed by atoms with Crippen molar-refractivity contribution in [3.63, 3.8) is 0 Å². The number of amidine groups is 1. The highest BCUT2D eigenvalue weighted by Crippen LogP contribution is 2.37. The van der Waals surface area contributed by atoms with E-state index in [0.717, 1.165) is 24.0 Å². The lowest BCUT2D eigenvalue weighted by Gasteiger charge is -2.31. The third-order valence-corrected chi connectivity index (χ3v) is 6.61. The first-order valence-electron chi connectivity index (χ1n) is 10.6. The molecule has 3 rings (SSSR count). The van der Waals surface area contributed by atoms with Gasteiger partial charge in [-0.25, -0.2) is 0 Å². The number of thioether (sulfide) groups is 1. The van der Waals surface area contributed by atoms with Crippen molar-refractivity contribution in [2.75, 3.05) is 5.75 Å². The molecule has 5 nitrogen and oxygen atoms in total. The minimum atomic E-state index is -0.276. The van der Waals surface area contributed by atoms with Crippen molar-refractivity contribution in [3.05, 3.63) is 23.3 Å². The number of allylic oxidation sites excluding steroid dienone is 4. The van der Waals surface area contributed by atoms with Crippen LogP contribution in [0.1, 0.15) is 73.6 Å². The van der Waals surface area contributed by atoms with Crippen LogP contribution in [0.5, 0.6) is 0 Å². The molecular formula is C23H33N3O2S. The van der Waals surface area contributed by atoms with Gasteiger partial charge in [-0.05, 0) is 35.8 Å². The molecule has 6 heteroatoms. The van der Waals surface area contributed by atoms with Gasteiger partial charge in [-0.2, -0.15) is 0 Å². The number of hydrogen-bond donors (Lipinski definition) is 0. The molecule has 0 radical (unpaired) electrons. The maximum Gasteiger partial charge on any atom is 0.239 e. The molecule has 0 bridgehead atoms. The summed E-state index contributed by atoms with van der Waals surface area (Å²) in [6, 6.07) is 0.250. The zero-order valence-corrected chi connectivity index (χ0v) is 19.4. The molecule has 1 saturated carbocycles. The lowest BCUT2D eigenvalue weighted by molar-refractivity contribution is -0.126. The van der Waals surface area contributed by atoms with Gasteiger partial charge in [-0.15, -0.1) is 10.2 Å². The van der Waals surface area contributed by atoms with Crippen LogP contribution in [0.3, 0.4) is 0 Å². The molecule has 158 valence electrons. The molecule has 0 aromatic carbocycles. The quantitative estimate of drug-likeness (QED) is 0.464. The van der Waals surface area contributed by atoms with Crippen LogP contribution in [0.4, 0.5) is 0 Å². The van der Waals surface area contributed by atoms with Crippen molar-refractivity contribution in [1.82, 2.24) is 4.90 Å². The predicted octanol–water partition coefficient (Wildman–Crippen LogP) is 5.13. The second-order valence-corrected chi connectivity index (χ2v) is 11.1. The van der Waals surface area contributed by atoms with E-state index in [-0.39, 0.29) is 28.6 Å². The van der Waals surface area contributed by atoms with E-state index >= 15 is 0 Å². The standard InChI is InChI=1S/C23H33N3O2S/c1-22(2,3)17-12-15(13-18(20(17)28)23(4,5)6)24-25-21-26(19(27)14-29-21)16-10-8-7-9-11-16/h12-13,16H,7-11,14H2,1-6H3/b25-21+. The van der Waals surface area contributed by atoms with Crippen LogP contribution in [0.25, 0.3) is 0 Å². The Morgan fingerprint density at radius 1 is 0.897 bits per heavy atom. The number of carbonyl (C=O) groups excluding carboxylic acids is 2. The van der Waals surface area contributed by atoms with E-state index in [1.165, 1.54) is 31.0 Å². The van der Waals surface area contributed by atoms with Gasteiger partial charge in [-0.1, -0.05) is 72.6 Å². The van der Waals surface area contributed by atoms with Crippen LogP contribution in [-0.2, 0) is 9.59 Å². The number of rotatable bonds is 2. The van der Waals surface area contributed by atoms with Crippen molar-refractivity contribution in [1.29, 1.82) is 0 Å². The van der Waals surface area contributed by atoms with Gasteiger partial charge in [0, 0.05) is 17.2 Å². The molecule has 0 N–H and O–H groups in total. The average Bonchev–Trinajstić information content (AvgIpc) is 3.00. The van der Waals surface area contributed by atoms with Crippen LogP contribution < -0.4 is 0 Å². The van der Waals surface area contributed by atoms with Crippen molar-refractivity contribution < 1.29 is 9.59 Å². The Hall–Kier alpha value is -1.69. The summed E-state index contributed by atoms with van der Waals surface area (Å²) < 4.78 is 0. The summed E-state index contributed by atoms with van der Waals surface area (Å²) >= 11 is 1.47. The summed E-state index contributed by atoms with van der Waals surface area (Å²) in [6.07, 6.45) is 9.37. The second kappa shape index (κ2) is 8.21. The van der Waals surface area contributed by atoms with E-state index in [9.17, 15) is 9.59 Å². The molecule has 2 aliphatic carbocycles. The highest BCUT2D eigenvalue weighted by atomic mass is 32.2. The van der Waals surface area contributed by atoms with Crippen molar-refractivity contribution in [3.8, 4) is 0 Å². The summed E-state index contributed by atoms with van der Waals surface area (Å²) in [5, 5.41) is 9.67. The minimum Gasteiger partial charge on any atom is -0.289 e. The van der Waals surface area contributed by atoms with Crippen LogP contribution in [0, 0.1) is 10.8 Å². The highest BCUT2D eigenvalue weighted by Gasteiger charge is 2.36. The number of amides is 1. The normalized spacial score (nSPS) is 23.6. The van der Waals surface area contributed by atoms with Gasteiger partial charge in [-0.3, -0.25) is 14.5 Å². The first-order valence-corrected chi connectivity index (χ1v) is 11.6. The van der Waals surface area contributed by atoms with E-state index in [4.69, 9.17) is 0 Å². The molecule has 0 aromatic heterocycles. The summed E-state index contributed by atoms with van der Waals surface area (Å²) in [5.41, 5.74) is 1.63. The fourth-order valence-corrected chi connectivity index (χ4v) is 4.91. The maximum atomic E-state index is 13.0. The summed E-state index contributed by atoms with van der Waals surface area (Å²) in [5.74, 6) is 0.660. The van der Waals surface area contributed by atoms with Crippen molar-refractivity contribution >= 4 is 34.3 Å². The molecule has 0 spiro atoms. The SMILES string of the molecule is CC(C)(C)C1=CC(=N/N=C2/SCC(=O)N2C2CCCCC2)C=C(C(C)(C)C)C1=O. The van der Waals surface area contributed by atoms with Gasteiger partial charge in [0.1, 0.15) is 0 Å². The van der Waals surface area contributed by atoms with Crippen LogP contribution in [0.15, 0.2) is 33.5 Å². The zero-order chi connectivity index (χ0) is 21.4. The Labute approximate surface area is 178 Å². The maximum absolute atomic E-state index is 13.0. The Kier molecular flexibility index (Phi) is 6.23. The van der Waals surface area contributed by atoms with Gasteiger partial charge in [0.25, 0.3) is 0 Å². The molecular weight excluding hydrogens is 382 g/mol. The van der Waals surface area contributed by atoms with Gasteiger partial charge < -0.3 is 0 Å². The molecule has 1 heterocycles. The zero-order valence-electron chi connectivity index (χ0n) is 18.5. The molecule has 29 heavy (non-hydrogen) atoms. The smallest absolute Gasteiger partial charge is 0.239 e. The number of Topliss-reactive ketones (excluding diaryl/α,β-unsaturated/α-hetero) is 1. The summed E-state index contributed by atoms with van der Waals surface area (Å²) in [6.45, 7) is 12.3. The topological polar surface area (TPSA) is 62.1 Å². The third kappa shape index (κ3) is 4.90. The monoisotopic (exact) mass is 415 g/mol. The van der Waals surface area contributed by atoms with Crippen LogP contribution in [0.2, 0.25) is 0 Å². The van der Waals surface area contributed by atoms with Gasteiger partial charge in [0.05, 0.1) is 11.5 Å². The fraction of sp³-hybridized carbons (Fsp3) is 0.652. The van der Waals surface area contributed by atoms with Gasteiger partial charge >= 0.3 is 0 Å². The number of hydrogen-bond acceptors (Lipinski definition) is 5. The molecule has 0 aromatic rings. The van der Waals surface area contributed by atoms with Crippen LogP contribution in [-0.4, -0.2) is 39.3 Å². The lowest BCUT2D eigenvalue weighted by atomic mass is 9.72. The highest BCUT2D eigenvalue weighted by molar-refractivity contribution is 8.15. The Bertz CT molecular complexity index is 780. The molecule has 0 unspecified atom stereocenters. The Morgan fingerprint density at radius 3 is 1.97 bits per heavy atom. The fourth-order valence-electron chi connectivity index (χ4n) is 4.03. The molecule has 0 atom stereocenters. The average molecular weight is 416 g/mol. The number of carbonyl (C=O) groups is 2. The van der Waals surface area contributed by atoms with E-state index < -0.39 is 0 Å². The second-order valence-electron chi connectivity index (χ2n) is 10.2. The van der Waals surface area contributed by atoms with E-state index in [1.54, 1.807) is 0 Å². The lowest BCUT2D eigenvalue weighted by Crippen LogP contribution is -2.40. The first-order chi connectivity index (χ1) is 13.5. The minimum absolute atomic E-state index is 0.0888. The third-order valence-electron chi connectivity index (χ3n) is 5.68. The summed E-state index contributed by atoms with van der Waals surface area (Å²) in [4.78, 5) is 27.4. The van der Waals surface area contributed by atoms with Crippen LogP contribution >= 0.6 is 11.8 Å². The van der Waals surface area contributed by atoms with Gasteiger partial charge in [0.2, 0.25) is 5.91 Å². The van der Waals surface area contributed by atoms with Gasteiger partial charge in [0.15, 0.2) is 11.0 Å². The summed E-state index contributed by atoms with van der Waals surface area (Å²) in [7, 11) is 0. The number of nitrogens with zero attached hydrogens (tertiary/aromatic N) is 3. The largest absolute Gasteiger partial charge is 0.289 e. The predicted molar refractivity (Wildman–Crippen MR) is 121 cm³/mol. The molecule has 1 saturated heterocycles. The van der Waals surface area contributed by atoms with Crippen molar-refractivity contribution in [2.45, 2.75) is 79.7 Å². The molecule has 2 fully saturated rings. The Balaban J connectivity index is 1.96. The molecule has 1 amide bonds. The Morgan fingerprint density at radius 2 is 1.45 bits per heavy atom. The number of ketones is 1. The first kappa shape index (κ1) is 22.0. The van der Waals surface area contributed by atoms with E-state index in [0.29, 0.717) is 16.6 Å². The molecule has 1 aliphatic heterocycles. The molecule has 3 aliphatic rings.